The Kier molecular flexibility index (Phi) is 5.85. The van der Waals surface area contributed by atoms with E-state index in [1.54, 1.807) is 12.1 Å². The van der Waals surface area contributed by atoms with Crippen molar-refractivity contribution in [3.63, 3.8) is 0 Å². The molecule has 1 atom stereocenters. The van der Waals surface area contributed by atoms with Crippen molar-refractivity contribution in [1.29, 1.82) is 0 Å². The molecular formula is C22H26F3N3O. The topological polar surface area (TPSA) is 27.7 Å². The molecule has 156 valence electrons. The van der Waals surface area contributed by atoms with Gasteiger partial charge >= 0.3 is 6.18 Å². The van der Waals surface area contributed by atoms with E-state index in [1.807, 2.05) is 12.1 Å². The summed E-state index contributed by atoms with van der Waals surface area (Å²) in [5.41, 5.74) is 3.35. The van der Waals surface area contributed by atoms with Gasteiger partial charge in [-0.3, -0.25) is 4.90 Å². The number of aryl methyl sites for hydroxylation is 1. The summed E-state index contributed by atoms with van der Waals surface area (Å²) in [4.78, 5) is 4.55. The van der Waals surface area contributed by atoms with Crippen molar-refractivity contribution in [2.24, 2.45) is 0 Å². The summed E-state index contributed by atoms with van der Waals surface area (Å²) >= 11 is 0. The maximum atomic E-state index is 12.5. The van der Waals surface area contributed by atoms with Crippen LogP contribution in [0.1, 0.15) is 12.0 Å². The van der Waals surface area contributed by atoms with E-state index >= 15 is 0 Å². The van der Waals surface area contributed by atoms with Gasteiger partial charge in [0.1, 0.15) is 5.75 Å². The normalized spacial score (nSPS) is 20.1. The second kappa shape index (κ2) is 8.53. The molecule has 1 fully saturated rings. The Morgan fingerprint density at radius 3 is 2.48 bits per heavy atom. The van der Waals surface area contributed by atoms with Crippen LogP contribution in [-0.2, 0) is 6.42 Å². The molecule has 4 nitrogen and oxygen atoms in total. The minimum Gasteiger partial charge on any atom is -0.482 e. The van der Waals surface area contributed by atoms with Crippen LogP contribution in [0.3, 0.4) is 0 Å². The lowest BCUT2D eigenvalue weighted by molar-refractivity contribution is -0.153. The standard InChI is InChI=1S/C22H26F3N3O/c23-22(24,25)16-29-21-8-4-3-7-20(21)28-13-11-27(12-14-28)15-18-10-9-17-5-1-2-6-19(17)26-18/h1-8,18,26H,9-16H2. The second-order valence-electron chi connectivity index (χ2n) is 7.70. The average molecular weight is 405 g/mol. The lowest BCUT2D eigenvalue weighted by atomic mass is 9.97. The van der Waals surface area contributed by atoms with Crippen LogP contribution in [0.15, 0.2) is 48.5 Å². The third-order valence-corrected chi connectivity index (χ3v) is 5.59. The SMILES string of the molecule is FC(F)(F)COc1ccccc1N1CCN(CC2CCc3ccccc3N2)CC1. The number of nitrogens with one attached hydrogen (secondary N) is 1. The number of para-hydroxylation sites is 3. The Bertz CT molecular complexity index is 819. The fraction of sp³-hybridized carbons (Fsp3) is 0.455. The zero-order valence-electron chi connectivity index (χ0n) is 16.3. The molecule has 2 aliphatic rings. The summed E-state index contributed by atoms with van der Waals surface area (Å²) in [6, 6.07) is 15.9. The lowest BCUT2D eigenvalue weighted by Crippen LogP contribution is -2.50. The van der Waals surface area contributed by atoms with Gasteiger partial charge < -0.3 is 15.0 Å². The van der Waals surface area contributed by atoms with Crippen LogP contribution in [0.2, 0.25) is 0 Å². The molecule has 0 saturated carbocycles. The summed E-state index contributed by atoms with van der Waals surface area (Å²) in [6.07, 6.45) is -2.12. The van der Waals surface area contributed by atoms with E-state index in [1.165, 1.54) is 11.3 Å². The third kappa shape index (κ3) is 5.15. The zero-order valence-corrected chi connectivity index (χ0v) is 16.3. The Morgan fingerprint density at radius 2 is 1.69 bits per heavy atom. The first kappa shape index (κ1) is 19.9. The first-order valence-corrected chi connectivity index (χ1v) is 10.1. The summed E-state index contributed by atoms with van der Waals surface area (Å²) in [5.74, 6) is 0.295. The summed E-state index contributed by atoms with van der Waals surface area (Å²) < 4.78 is 42.6. The van der Waals surface area contributed by atoms with Gasteiger partial charge in [-0.25, -0.2) is 0 Å². The fourth-order valence-corrected chi connectivity index (χ4v) is 4.12. The van der Waals surface area contributed by atoms with Crippen molar-refractivity contribution < 1.29 is 17.9 Å². The molecule has 2 aromatic carbocycles. The van der Waals surface area contributed by atoms with Crippen molar-refractivity contribution in [2.45, 2.75) is 25.1 Å². The van der Waals surface area contributed by atoms with Gasteiger partial charge in [-0.05, 0) is 36.6 Å². The quantitative estimate of drug-likeness (QED) is 0.808. The van der Waals surface area contributed by atoms with Crippen LogP contribution >= 0.6 is 0 Å². The molecule has 0 spiro atoms. The second-order valence-corrected chi connectivity index (χ2v) is 7.70. The number of piperazine rings is 1. The molecule has 0 aliphatic carbocycles. The molecular weight excluding hydrogens is 379 g/mol. The van der Waals surface area contributed by atoms with Crippen molar-refractivity contribution in [2.75, 3.05) is 49.5 Å². The minimum absolute atomic E-state index is 0.295. The Labute approximate surface area is 169 Å². The van der Waals surface area contributed by atoms with E-state index in [-0.39, 0.29) is 0 Å². The van der Waals surface area contributed by atoms with Crippen molar-refractivity contribution in [3.05, 3.63) is 54.1 Å². The highest BCUT2D eigenvalue weighted by Gasteiger charge is 2.29. The third-order valence-electron chi connectivity index (χ3n) is 5.59. The summed E-state index contributed by atoms with van der Waals surface area (Å²) in [5, 5.41) is 3.65. The van der Waals surface area contributed by atoms with E-state index in [0.29, 0.717) is 11.8 Å². The number of hydrogen-bond acceptors (Lipinski definition) is 4. The van der Waals surface area contributed by atoms with E-state index in [0.717, 1.165) is 51.3 Å². The molecule has 0 bridgehead atoms. The van der Waals surface area contributed by atoms with Gasteiger partial charge in [0.25, 0.3) is 0 Å². The Hall–Kier alpha value is -2.41. The highest BCUT2D eigenvalue weighted by atomic mass is 19.4. The average Bonchev–Trinajstić information content (AvgIpc) is 2.72. The molecule has 1 unspecified atom stereocenters. The van der Waals surface area contributed by atoms with Gasteiger partial charge in [0.15, 0.2) is 6.61 Å². The van der Waals surface area contributed by atoms with Crippen LogP contribution in [0.4, 0.5) is 24.5 Å². The van der Waals surface area contributed by atoms with Gasteiger partial charge in [0.2, 0.25) is 0 Å². The fourth-order valence-electron chi connectivity index (χ4n) is 4.12. The number of benzene rings is 2. The number of alkyl halides is 3. The van der Waals surface area contributed by atoms with Crippen LogP contribution in [0.5, 0.6) is 5.75 Å². The van der Waals surface area contributed by atoms with Gasteiger partial charge in [0, 0.05) is 44.5 Å². The molecule has 2 aliphatic heterocycles. The number of rotatable bonds is 5. The Balaban J connectivity index is 1.31. The molecule has 0 aromatic heterocycles. The van der Waals surface area contributed by atoms with Crippen molar-refractivity contribution in [3.8, 4) is 5.75 Å². The molecule has 1 saturated heterocycles. The highest BCUT2D eigenvalue weighted by Crippen LogP contribution is 2.31. The molecule has 7 heteroatoms. The van der Waals surface area contributed by atoms with Crippen LogP contribution in [0, 0.1) is 0 Å². The van der Waals surface area contributed by atoms with Gasteiger partial charge in [-0.1, -0.05) is 30.3 Å². The smallest absolute Gasteiger partial charge is 0.422 e. The first-order valence-electron chi connectivity index (χ1n) is 10.1. The predicted octanol–water partition coefficient (Wildman–Crippen LogP) is 4.18. The molecule has 4 rings (SSSR count). The molecule has 0 radical (unpaired) electrons. The van der Waals surface area contributed by atoms with Crippen LogP contribution in [0.25, 0.3) is 0 Å². The largest absolute Gasteiger partial charge is 0.482 e. The number of anilines is 2. The van der Waals surface area contributed by atoms with E-state index in [2.05, 4.69) is 39.4 Å². The molecule has 29 heavy (non-hydrogen) atoms. The number of fused-ring (bicyclic) bond motifs is 1. The summed E-state index contributed by atoms with van der Waals surface area (Å²) in [6.45, 7) is 3.03. The molecule has 0 amide bonds. The summed E-state index contributed by atoms with van der Waals surface area (Å²) in [7, 11) is 0. The molecule has 2 heterocycles. The zero-order chi connectivity index (χ0) is 20.3. The lowest BCUT2D eigenvalue weighted by Gasteiger charge is -2.39. The van der Waals surface area contributed by atoms with Crippen LogP contribution in [-0.4, -0.2) is 56.4 Å². The monoisotopic (exact) mass is 405 g/mol. The number of nitrogens with zero attached hydrogens (tertiary/aromatic N) is 2. The van der Waals surface area contributed by atoms with Crippen LogP contribution < -0.4 is 15.0 Å². The number of ether oxygens (including phenoxy) is 1. The maximum absolute atomic E-state index is 12.5. The van der Waals surface area contributed by atoms with Crippen molar-refractivity contribution >= 4 is 11.4 Å². The minimum atomic E-state index is -4.34. The van der Waals surface area contributed by atoms with Gasteiger partial charge in [0.05, 0.1) is 5.69 Å². The molecule has 2 aromatic rings. The van der Waals surface area contributed by atoms with Gasteiger partial charge in [-0.2, -0.15) is 13.2 Å². The van der Waals surface area contributed by atoms with E-state index in [4.69, 9.17) is 4.74 Å². The maximum Gasteiger partial charge on any atom is 0.422 e. The van der Waals surface area contributed by atoms with Gasteiger partial charge in [-0.15, -0.1) is 0 Å². The van der Waals surface area contributed by atoms with E-state index < -0.39 is 12.8 Å². The van der Waals surface area contributed by atoms with E-state index in [9.17, 15) is 13.2 Å². The highest BCUT2D eigenvalue weighted by molar-refractivity contribution is 5.59. The van der Waals surface area contributed by atoms with Crippen molar-refractivity contribution in [1.82, 2.24) is 4.90 Å². The number of halogens is 3. The number of hydrogen-bond donors (Lipinski definition) is 1. The molecule has 1 N–H and O–H groups in total. The first-order chi connectivity index (χ1) is 14.0. The predicted molar refractivity (Wildman–Crippen MR) is 109 cm³/mol. The Morgan fingerprint density at radius 1 is 0.966 bits per heavy atom.